The monoisotopic (exact) mass is 279 g/mol. The van der Waals surface area contributed by atoms with Crippen LogP contribution in [0.25, 0.3) is 0 Å². The Morgan fingerprint density at radius 3 is 2.68 bits per heavy atom. The second-order valence-corrected chi connectivity index (χ2v) is 7.03. The molecule has 0 radical (unpaired) electrons. The SMILES string of the molecule is CSC1(CNC(C)c2cc(C)ccc2O)CCCC1. The molecule has 3 heteroatoms. The average Bonchev–Trinajstić information content (AvgIpc) is 2.88. The summed E-state index contributed by atoms with van der Waals surface area (Å²) in [5.41, 5.74) is 2.20. The summed E-state index contributed by atoms with van der Waals surface area (Å²) in [6.45, 7) is 5.23. The van der Waals surface area contributed by atoms with Gasteiger partial charge in [0.15, 0.2) is 0 Å². The molecule has 0 bridgehead atoms. The van der Waals surface area contributed by atoms with Crippen molar-refractivity contribution in [1.82, 2.24) is 5.32 Å². The quantitative estimate of drug-likeness (QED) is 0.853. The molecule has 2 N–H and O–H groups in total. The van der Waals surface area contributed by atoms with Crippen LogP contribution in [-0.2, 0) is 0 Å². The molecule has 1 fully saturated rings. The molecule has 2 rings (SSSR count). The smallest absolute Gasteiger partial charge is 0.120 e. The molecule has 2 nitrogen and oxygen atoms in total. The molecule has 0 saturated heterocycles. The first-order valence-corrected chi connectivity index (χ1v) is 8.37. The number of rotatable bonds is 5. The molecule has 0 aromatic heterocycles. The van der Waals surface area contributed by atoms with Crippen molar-refractivity contribution in [3.8, 4) is 5.75 Å². The maximum atomic E-state index is 9.97. The van der Waals surface area contributed by atoms with Gasteiger partial charge in [-0.2, -0.15) is 11.8 Å². The second kappa shape index (κ2) is 6.19. The Labute approximate surface area is 121 Å². The van der Waals surface area contributed by atoms with Gasteiger partial charge < -0.3 is 10.4 Å². The van der Waals surface area contributed by atoms with E-state index in [0.717, 1.165) is 12.1 Å². The van der Waals surface area contributed by atoms with Gasteiger partial charge in [-0.15, -0.1) is 0 Å². The summed E-state index contributed by atoms with van der Waals surface area (Å²) in [6, 6.07) is 6.02. The highest BCUT2D eigenvalue weighted by Crippen LogP contribution is 2.40. The number of hydrogen-bond acceptors (Lipinski definition) is 3. The summed E-state index contributed by atoms with van der Waals surface area (Å²) in [5, 5.41) is 13.6. The minimum atomic E-state index is 0.199. The second-order valence-electron chi connectivity index (χ2n) is 5.76. The zero-order chi connectivity index (χ0) is 13.9. The van der Waals surface area contributed by atoms with Crippen molar-refractivity contribution in [2.24, 2.45) is 0 Å². The summed E-state index contributed by atoms with van der Waals surface area (Å²) < 4.78 is 0.410. The Kier molecular flexibility index (Phi) is 4.80. The fourth-order valence-electron chi connectivity index (χ4n) is 2.94. The molecule has 1 unspecified atom stereocenters. The summed E-state index contributed by atoms with van der Waals surface area (Å²) in [4.78, 5) is 0. The molecule has 0 spiro atoms. The third-order valence-electron chi connectivity index (χ3n) is 4.33. The largest absolute Gasteiger partial charge is 0.508 e. The predicted molar refractivity (Wildman–Crippen MR) is 84.0 cm³/mol. The van der Waals surface area contributed by atoms with Gasteiger partial charge >= 0.3 is 0 Å². The van der Waals surface area contributed by atoms with Crippen LogP contribution in [0.15, 0.2) is 18.2 Å². The minimum absolute atomic E-state index is 0.199. The standard InChI is InChI=1S/C16H25NOS/c1-12-6-7-15(18)14(10-12)13(2)17-11-16(19-3)8-4-5-9-16/h6-7,10,13,17-18H,4-5,8-9,11H2,1-3H3. The first-order valence-electron chi connectivity index (χ1n) is 7.14. The number of benzene rings is 1. The third kappa shape index (κ3) is 3.46. The van der Waals surface area contributed by atoms with Crippen molar-refractivity contribution in [3.63, 3.8) is 0 Å². The lowest BCUT2D eigenvalue weighted by molar-refractivity contribution is 0.440. The Morgan fingerprint density at radius 2 is 2.05 bits per heavy atom. The van der Waals surface area contributed by atoms with Gasteiger partial charge in [-0.3, -0.25) is 0 Å². The van der Waals surface area contributed by atoms with Crippen molar-refractivity contribution in [1.29, 1.82) is 0 Å². The molecule has 1 atom stereocenters. The molecule has 1 aliphatic rings. The van der Waals surface area contributed by atoms with Crippen LogP contribution in [0.3, 0.4) is 0 Å². The van der Waals surface area contributed by atoms with Crippen molar-refractivity contribution in [2.45, 2.75) is 50.3 Å². The van der Waals surface area contributed by atoms with Crippen molar-refractivity contribution < 1.29 is 5.11 Å². The minimum Gasteiger partial charge on any atom is -0.508 e. The van der Waals surface area contributed by atoms with Crippen LogP contribution in [0.2, 0.25) is 0 Å². The fourth-order valence-corrected chi connectivity index (χ4v) is 3.87. The maximum absolute atomic E-state index is 9.97. The van der Waals surface area contributed by atoms with Gasteiger partial charge in [-0.1, -0.05) is 30.5 Å². The molecule has 0 aliphatic heterocycles. The lowest BCUT2D eigenvalue weighted by Crippen LogP contribution is -2.36. The van der Waals surface area contributed by atoms with Crippen LogP contribution in [-0.4, -0.2) is 22.7 Å². The fraction of sp³-hybridized carbons (Fsp3) is 0.625. The summed E-state index contributed by atoms with van der Waals surface area (Å²) in [6.07, 6.45) is 7.56. The van der Waals surface area contributed by atoms with Crippen molar-refractivity contribution in [2.75, 3.05) is 12.8 Å². The van der Waals surface area contributed by atoms with Gasteiger partial charge in [0.1, 0.15) is 5.75 Å². The van der Waals surface area contributed by atoms with Gasteiger partial charge in [-0.05, 0) is 39.0 Å². The maximum Gasteiger partial charge on any atom is 0.120 e. The van der Waals surface area contributed by atoms with Crippen LogP contribution in [0.1, 0.15) is 49.8 Å². The highest BCUT2D eigenvalue weighted by Gasteiger charge is 2.33. The van der Waals surface area contributed by atoms with Crippen LogP contribution in [0, 0.1) is 6.92 Å². The Balaban J connectivity index is 2.00. The zero-order valence-corrected chi connectivity index (χ0v) is 13.0. The van der Waals surface area contributed by atoms with Gasteiger partial charge in [0, 0.05) is 22.9 Å². The number of phenols is 1. The van der Waals surface area contributed by atoms with E-state index in [4.69, 9.17) is 0 Å². The van der Waals surface area contributed by atoms with E-state index in [0.29, 0.717) is 10.5 Å². The van der Waals surface area contributed by atoms with Crippen LogP contribution < -0.4 is 5.32 Å². The predicted octanol–water partition coefficient (Wildman–Crippen LogP) is 4.03. The van der Waals surface area contributed by atoms with E-state index in [9.17, 15) is 5.11 Å². The van der Waals surface area contributed by atoms with E-state index in [1.165, 1.54) is 31.2 Å². The summed E-state index contributed by atoms with van der Waals surface area (Å²) in [5.74, 6) is 0.398. The highest BCUT2D eigenvalue weighted by atomic mass is 32.2. The highest BCUT2D eigenvalue weighted by molar-refractivity contribution is 8.00. The molecule has 1 aliphatic carbocycles. The number of thioether (sulfide) groups is 1. The molecule has 1 aromatic carbocycles. The van der Waals surface area contributed by atoms with Crippen LogP contribution >= 0.6 is 11.8 Å². The van der Waals surface area contributed by atoms with Gasteiger partial charge in [0.05, 0.1) is 0 Å². The summed E-state index contributed by atoms with van der Waals surface area (Å²) >= 11 is 2.00. The molecular formula is C16H25NOS. The van der Waals surface area contributed by atoms with E-state index in [1.54, 1.807) is 6.07 Å². The normalized spacial score (nSPS) is 19.5. The lowest BCUT2D eigenvalue weighted by atomic mass is 10.0. The zero-order valence-electron chi connectivity index (χ0n) is 12.2. The number of hydrogen-bond donors (Lipinski definition) is 2. The van der Waals surface area contributed by atoms with E-state index in [2.05, 4.69) is 31.5 Å². The molecule has 106 valence electrons. The summed E-state index contributed by atoms with van der Waals surface area (Å²) in [7, 11) is 0. The Morgan fingerprint density at radius 1 is 1.37 bits per heavy atom. The number of aromatic hydroxyl groups is 1. The van der Waals surface area contributed by atoms with E-state index in [-0.39, 0.29) is 6.04 Å². The lowest BCUT2D eigenvalue weighted by Gasteiger charge is -2.29. The number of phenolic OH excluding ortho intramolecular Hbond substituents is 1. The van der Waals surface area contributed by atoms with E-state index >= 15 is 0 Å². The number of aryl methyl sites for hydroxylation is 1. The molecule has 19 heavy (non-hydrogen) atoms. The first-order chi connectivity index (χ1) is 9.06. The van der Waals surface area contributed by atoms with Gasteiger partial charge in [0.2, 0.25) is 0 Å². The topological polar surface area (TPSA) is 32.3 Å². The van der Waals surface area contributed by atoms with Gasteiger partial charge in [0.25, 0.3) is 0 Å². The van der Waals surface area contributed by atoms with Crippen LogP contribution in [0.5, 0.6) is 5.75 Å². The van der Waals surface area contributed by atoms with E-state index < -0.39 is 0 Å². The first kappa shape index (κ1) is 14.7. The Hall–Kier alpha value is -0.670. The molecule has 0 heterocycles. The van der Waals surface area contributed by atoms with E-state index in [1.807, 2.05) is 17.8 Å². The molecule has 1 saturated carbocycles. The van der Waals surface area contributed by atoms with Gasteiger partial charge in [-0.25, -0.2) is 0 Å². The Bertz CT molecular complexity index is 427. The number of nitrogens with one attached hydrogen (secondary N) is 1. The molecule has 1 aromatic rings. The average molecular weight is 279 g/mol. The van der Waals surface area contributed by atoms with Crippen LogP contribution in [0.4, 0.5) is 0 Å². The third-order valence-corrected chi connectivity index (χ3v) is 5.75. The molecular weight excluding hydrogens is 254 g/mol. The molecule has 0 amide bonds. The van der Waals surface area contributed by atoms with Crippen molar-refractivity contribution >= 4 is 11.8 Å². The van der Waals surface area contributed by atoms with Crippen molar-refractivity contribution in [3.05, 3.63) is 29.3 Å².